The number of carboxylic acids is 1. The second-order valence-corrected chi connectivity index (χ2v) is 12.6. The molecule has 46 heavy (non-hydrogen) atoms. The van der Waals surface area contributed by atoms with Gasteiger partial charge in [-0.25, -0.2) is 4.79 Å². The smallest absolute Gasteiger partial charge is 0.326 e. The van der Waals surface area contributed by atoms with E-state index in [0.717, 1.165) is 0 Å². The number of aliphatic carboxylic acids is 1. The quantitative estimate of drug-likeness (QED) is 0.0692. The normalized spacial score (nSPS) is 17.1. The first-order valence-corrected chi connectivity index (χ1v) is 16.0. The van der Waals surface area contributed by atoms with Crippen LogP contribution in [0.5, 0.6) is 0 Å². The molecule has 10 N–H and O–H groups in total. The third kappa shape index (κ3) is 14.5. The van der Waals surface area contributed by atoms with Gasteiger partial charge in [-0.2, -0.15) is 0 Å². The molecular formula is C30H54N8O8. The van der Waals surface area contributed by atoms with E-state index in [1.807, 2.05) is 27.7 Å². The number of hydrogen-bond acceptors (Lipinski definition) is 9. The van der Waals surface area contributed by atoms with E-state index >= 15 is 0 Å². The van der Waals surface area contributed by atoms with E-state index < -0.39 is 78.2 Å². The SMILES string of the molecule is CC(C)C[C@H](NC(=O)CNC(=O)[C@@H](N)CC(C)C)C(=O)N[C@@H](C)C(=O)NCC(=O)N1CCC[C@H]1C(=O)N[C@@H](CCCCN)C(=O)O. The topological polar surface area (TPSA) is 255 Å². The van der Waals surface area contributed by atoms with Crippen molar-refractivity contribution in [2.75, 3.05) is 26.2 Å². The molecule has 6 amide bonds. The molecule has 0 aliphatic carbocycles. The van der Waals surface area contributed by atoms with E-state index in [9.17, 15) is 38.7 Å². The summed E-state index contributed by atoms with van der Waals surface area (Å²) in [6.07, 6.45) is 2.96. The second kappa shape index (κ2) is 20.4. The molecule has 0 aromatic rings. The summed E-state index contributed by atoms with van der Waals surface area (Å²) in [6, 6.07) is -4.78. The number of amides is 6. The van der Waals surface area contributed by atoms with Gasteiger partial charge in [0.15, 0.2) is 0 Å². The number of unbranched alkanes of at least 4 members (excludes halogenated alkanes) is 1. The lowest BCUT2D eigenvalue weighted by Crippen LogP contribution is -2.56. The fourth-order valence-electron chi connectivity index (χ4n) is 5.01. The molecule has 16 heteroatoms. The van der Waals surface area contributed by atoms with Gasteiger partial charge in [0, 0.05) is 6.54 Å². The molecule has 1 aliphatic rings. The molecule has 0 aromatic carbocycles. The minimum Gasteiger partial charge on any atom is -0.480 e. The molecule has 0 aromatic heterocycles. The van der Waals surface area contributed by atoms with Crippen LogP contribution in [0.3, 0.4) is 0 Å². The zero-order valence-electron chi connectivity index (χ0n) is 27.7. The maximum Gasteiger partial charge on any atom is 0.326 e. The van der Waals surface area contributed by atoms with Crippen LogP contribution in [-0.2, 0) is 33.6 Å². The van der Waals surface area contributed by atoms with Crippen LogP contribution < -0.4 is 38.1 Å². The lowest BCUT2D eigenvalue weighted by molar-refractivity contribution is -0.144. The number of carbonyl (C=O) groups excluding carboxylic acids is 6. The second-order valence-electron chi connectivity index (χ2n) is 12.6. The summed E-state index contributed by atoms with van der Waals surface area (Å²) >= 11 is 0. The Labute approximate surface area is 270 Å². The van der Waals surface area contributed by atoms with Gasteiger partial charge < -0.3 is 48.1 Å². The van der Waals surface area contributed by atoms with Crippen molar-refractivity contribution in [1.82, 2.24) is 31.5 Å². The van der Waals surface area contributed by atoms with Gasteiger partial charge >= 0.3 is 5.97 Å². The van der Waals surface area contributed by atoms with Crippen LogP contribution in [0.15, 0.2) is 0 Å². The Morgan fingerprint density at radius 3 is 2.02 bits per heavy atom. The molecule has 1 saturated heterocycles. The van der Waals surface area contributed by atoms with E-state index in [0.29, 0.717) is 38.6 Å². The minimum atomic E-state index is -1.17. The lowest BCUT2D eigenvalue weighted by Gasteiger charge is -2.26. The third-order valence-corrected chi connectivity index (χ3v) is 7.45. The van der Waals surface area contributed by atoms with Crippen molar-refractivity contribution in [2.45, 2.75) is 110 Å². The molecule has 16 nitrogen and oxygen atoms in total. The number of likely N-dealkylation sites (tertiary alicyclic amines) is 1. The van der Waals surface area contributed by atoms with Crippen LogP contribution in [0.1, 0.15) is 79.6 Å². The predicted octanol–water partition coefficient (Wildman–Crippen LogP) is -1.68. The van der Waals surface area contributed by atoms with Crippen molar-refractivity contribution in [2.24, 2.45) is 23.3 Å². The lowest BCUT2D eigenvalue weighted by atomic mass is 10.0. The van der Waals surface area contributed by atoms with Crippen molar-refractivity contribution in [3.05, 3.63) is 0 Å². The van der Waals surface area contributed by atoms with Gasteiger partial charge in [0.1, 0.15) is 24.2 Å². The van der Waals surface area contributed by atoms with Gasteiger partial charge in [0.25, 0.3) is 0 Å². The largest absolute Gasteiger partial charge is 0.480 e. The average Bonchev–Trinajstić information content (AvgIpc) is 3.47. The number of carboxylic acid groups (broad SMARTS) is 1. The molecular weight excluding hydrogens is 600 g/mol. The number of rotatable bonds is 20. The van der Waals surface area contributed by atoms with Gasteiger partial charge in [-0.15, -0.1) is 0 Å². The fraction of sp³-hybridized carbons (Fsp3) is 0.767. The Morgan fingerprint density at radius 2 is 1.43 bits per heavy atom. The van der Waals surface area contributed by atoms with Gasteiger partial charge in [-0.3, -0.25) is 28.8 Å². The number of nitrogens with zero attached hydrogens (tertiary/aromatic N) is 1. The maximum atomic E-state index is 13.0. The van der Waals surface area contributed by atoms with Crippen molar-refractivity contribution < 1.29 is 38.7 Å². The van der Waals surface area contributed by atoms with Crippen molar-refractivity contribution in [3.63, 3.8) is 0 Å². The summed E-state index contributed by atoms with van der Waals surface area (Å²) < 4.78 is 0. The molecule has 0 spiro atoms. The van der Waals surface area contributed by atoms with Crippen molar-refractivity contribution in [3.8, 4) is 0 Å². The van der Waals surface area contributed by atoms with Crippen LogP contribution in [0.4, 0.5) is 0 Å². The highest BCUT2D eigenvalue weighted by molar-refractivity contribution is 5.95. The first-order chi connectivity index (χ1) is 21.6. The Hall–Kier alpha value is -3.79. The van der Waals surface area contributed by atoms with Crippen molar-refractivity contribution in [1.29, 1.82) is 0 Å². The monoisotopic (exact) mass is 654 g/mol. The van der Waals surface area contributed by atoms with Crippen LogP contribution in [0.2, 0.25) is 0 Å². The summed E-state index contributed by atoms with van der Waals surface area (Å²) in [7, 11) is 0. The highest BCUT2D eigenvalue weighted by Gasteiger charge is 2.36. The summed E-state index contributed by atoms with van der Waals surface area (Å²) in [6.45, 7) is 8.85. The summed E-state index contributed by atoms with van der Waals surface area (Å²) in [5, 5.41) is 22.0. The Bertz CT molecular complexity index is 1070. The molecule has 0 bridgehead atoms. The molecule has 0 radical (unpaired) electrons. The van der Waals surface area contributed by atoms with Crippen LogP contribution in [0.25, 0.3) is 0 Å². The highest BCUT2D eigenvalue weighted by Crippen LogP contribution is 2.18. The van der Waals surface area contributed by atoms with Crippen LogP contribution >= 0.6 is 0 Å². The molecule has 0 saturated carbocycles. The average molecular weight is 655 g/mol. The van der Waals surface area contributed by atoms with E-state index in [-0.39, 0.29) is 37.8 Å². The van der Waals surface area contributed by atoms with E-state index in [2.05, 4.69) is 26.6 Å². The summed E-state index contributed by atoms with van der Waals surface area (Å²) in [5.41, 5.74) is 11.3. The molecule has 1 aliphatic heterocycles. The van der Waals surface area contributed by atoms with Gasteiger partial charge in [0.05, 0.1) is 19.1 Å². The number of hydrogen-bond donors (Lipinski definition) is 8. The zero-order chi connectivity index (χ0) is 35.0. The number of nitrogens with two attached hydrogens (primary N) is 2. The molecule has 1 fully saturated rings. The number of carbonyl (C=O) groups is 7. The minimum absolute atomic E-state index is 0.00850. The summed E-state index contributed by atoms with van der Waals surface area (Å²) in [4.78, 5) is 89.1. The molecule has 5 atom stereocenters. The van der Waals surface area contributed by atoms with E-state index in [1.54, 1.807) is 0 Å². The molecule has 1 heterocycles. The fourth-order valence-corrected chi connectivity index (χ4v) is 5.01. The third-order valence-electron chi connectivity index (χ3n) is 7.45. The van der Waals surface area contributed by atoms with E-state index in [1.165, 1.54) is 11.8 Å². The van der Waals surface area contributed by atoms with E-state index in [4.69, 9.17) is 11.5 Å². The summed E-state index contributed by atoms with van der Waals surface area (Å²) in [5.74, 6) is -4.41. The van der Waals surface area contributed by atoms with Crippen LogP contribution in [-0.4, -0.2) is 108 Å². The maximum absolute atomic E-state index is 13.0. The van der Waals surface area contributed by atoms with Gasteiger partial charge in [-0.1, -0.05) is 27.7 Å². The van der Waals surface area contributed by atoms with Gasteiger partial charge in [0.2, 0.25) is 35.4 Å². The Balaban J connectivity index is 2.67. The molecule has 0 unspecified atom stereocenters. The Morgan fingerprint density at radius 1 is 0.804 bits per heavy atom. The predicted molar refractivity (Wildman–Crippen MR) is 170 cm³/mol. The zero-order valence-corrected chi connectivity index (χ0v) is 27.7. The van der Waals surface area contributed by atoms with Crippen molar-refractivity contribution >= 4 is 41.4 Å². The number of nitrogens with one attached hydrogen (secondary N) is 5. The standard InChI is InChI=1S/C30H54N8O8/c1-17(2)13-20(32)27(42)33-15-24(39)36-22(14-18(3)4)28(43)35-19(5)26(41)34-16-25(40)38-12-8-10-23(38)29(44)37-21(30(45)46)9-6-7-11-31/h17-23H,6-16,31-32H2,1-5H3,(H,33,42)(H,34,41)(H,35,43)(H,36,39)(H,37,44)(H,45,46)/t19-,20-,21-,22-,23-/m0/s1. The first-order valence-electron chi connectivity index (χ1n) is 16.0. The highest BCUT2D eigenvalue weighted by atomic mass is 16.4. The van der Waals surface area contributed by atoms with Crippen LogP contribution in [0, 0.1) is 11.8 Å². The molecule has 1 rings (SSSR count). The van der Waals surface area contributed by atoms with Gasteiger partial charge in [-0.05, 0) is 70.3 Å². The Kier molecular flexibility index (Phi) is 17.8. The first kappa shape index (κ1) is 40.2. The molecule has 262 valence electrons.